The van der Waals surface area contributed by atoms with E-state index in [4.69, 9.17) is 0 Å². The van der Waals surface area contributed by atoms with Crippen LogP contribution in [0.5, 0.6) is 0 Å². The monoisotopic (exact) mass is 195 g/mol. The number of thiol groups is 1. The van der Waals surface area contributed by atoms with E-state index < -0.39 is 0 Å². The minimum atomic E-state index is -0.146. The highest BCUT2D eigenvalue weighted by Gasteiger charge is 2.11. The molecule has 0 aliphatic rings. The van der Waals surface area contributed by atoms with E-state index in [-0.39, 0.29) is 5.91 Å². The van der Waals surface area contributed by atoms with Crippen molar-refractivity contribution in [3.63, 3.8) is 0 Å². The summed E-state index contributed by atoms with van der Waals surface area (Å²) in [6.45, 7) is 4.12. The Bertz CT molecular complexity index is 310. The first-order valence-corrected chi connectivity index (χ1v) is 4.65. The van der Waals surface area contributed by atoms with Crippen molar-refractivity contribution in [2.75, 3.05) is 0 Å². The van der Waals surface area contributed by atoms with Crippen molar-refractivity contribution in [3.8, 4) is 0 Å². The lowest BCUT2D eigenvalue weighted by Gasteiger charge is -2.10. The highest BCUT2D eigenvalue weighted by atomic mass is 32.1. The van der Waals surface area contributed by atoms with Crippen molar-refractivity contribution in [1.82, 2.24) is 4.72 Å². The predicted molar refractivity (Wildman–Crippen MR) is 57.0 cm³/mol. The zero-order valence-electron chi connectivity index (χ0n) is 7.74. The number of nitrogens with one attached hydrogen (secondary N) is 1. The molecular weight excluding hydrogens is 182 g/mol. The zero-order valence-corrected chi connectivity index (χ0v) is 8.64. The van der Waals surface area contributed by atoms with Gasteiger partial charge in [-0.2, -0.15) is 0 Å². The molecule has 0 spiro atoms. The van der Waals surface area contributed by atoms with E-state index in [1.165, 1.54) is 0 Å². The van der Waals surface area contributed by atoms with E-state index in [0.29, 0.717) is 11.5 Å². The predicted octanol–water partition coefficient (Wildman–Crippen LogP) is 2.38. The lowest BCUT2D eigenvalue weighted by Crippen LogP contribution is -2.15. The molecule has 1 aromatic rings. The summed E-state index contributed by atoms with van der Waals surface area (Å²) < 4.78 is 2.33. The second kappa shape index (κ2) is 4.33. The fourth-order valence-corrected chi connectivity index (χ4v) is 1.39. The second-order valence-corrected chi connectivity index (χ2v) is 3.41. The first kappa shape index (κ1) is 10.1. The van der Waals surface area contributed by atoms with Gasteiger partial charge in [-0.1, -0.05) is 44.9 Å². The van der Waals surface area contributed by atoms with E-state index in [1.54, 1.807) is 6.07 Å². The third kappa shape index (κ3) is 2.25. The summed E-state index contributed by atoms with van der Waals surface area (Å²) in [5.74, 6) is 0.203. The van der Waals surface area contributed by atoms with Gasteiger partial charge in [-0.3, -0.25) is 9.52 Å². The molecule has 1 aromatic carbocycles. The van der Waals surface area contributed by atoms with Gasteiger partial charge >= 0.3 is 0 Å². The SMILES string of the molecule is CC(C)c1ccccc1C(=O)NS. The molecule has 0 aliphatic heterocycles. The van der Waals surface area contributed by atoms with Gasteiger partial charge in [-0.25, -0.2) is 0 Å². The van der Waals surface area contributed by atoms with Gasteiger partial charge in [-0.05, 0) is 17.5 Å². The van der Waals surface area contributed by atoms with Crippen molar-refractivity contribution in [3.05, 3.63) is 35.4 Å². The van der Waals surface area contributed by atoms with Gasteiger partial charge in [0.15, 0.2) is 0 Å². The minimum Gasteiger partial charge on any atom is -0.299 e. The Morgan fingerprint density at radius 3 is 2.54 bits per heavy atom. The Morgan fingerprint density at radius 2 is 2.00 bits per heavy atom. The molecule has 0 radical (unpaired) electrons. The quantitative estimate of drug-likeness (QED) is 0.697. The molecule has 0 saturated carbocycles. The van der Waals surface area contributed by atoms with E-state index in [1.807, 2.05) is 18.2 Å². The number of hydrogen-bond donors (Lipinski definition) is 2. The fraction of sp³-hybridized carbons (Fsp3) is 0.300. The van der Waals surface area contributed by atoms with Gasteiger partial charge in [0.2, 0.25) is 0 Å². The Labute approximate surface area is 83.9 Å². The largest absolute Gasteiger partial charge is 0.299 e. The molecule has 0 unspecified atom stereocenters. The lowest BCUT2D eigenvalue weighted by atomic mass is 9.97. The minimum absolute atomic E-state index is 0.146. The maximum absolute atomic E-state index is 11.4. The van der Waals surface area contributed by atoms with Gasteiger partial charge < -0.3 is 0 Å². The number of carbonyl (C=O) groups excluding carboxylic acids is 1. The van der Waals surface area contributed by atoms with Gasteiger partial charge in [0.05, 0.1) is 0 Å². The maximum Gasteiger partial charge on any atom is 0.261 e. The average Bonchev–Trinajstić information content (AvgIpc) is 2.16. The Hall–Kier alpha value is -0.960. The third-order valence-corrected chi connectivity index (χ3v) is 2.13. The smallest absolute Gasteiger partial charge is 0.261 e. The number of carbonyl (C=O) groups is 1. The van der Waals surface area contributed by atoms with Crippen LogP contribution in [0, 0.1) is 0 Å². The molecule has 0 heterocycles. The van der Waals surface area contributed by atoms with E-state index >= 15 is 0 Å². The number of rotatable bonds is 2. The fourth-order valence-electron chi connectivity index (χ4n) is 1.27. The van der Waals surface area contributed by atoms with Crippen LogP contribution in [0.4, 0.5) is 0 Å². The van der Waals surface area contributed by atoms with E-state index in [9.17, 15) is 4.79 Å². The summed E-state index contributed by atoms with van der Waals surface area (Å²) in [5, 5.41) is 0. The van der Waals surface area contributed by atoms with E-state index in [2.05, 4.69) is 31.4 Å². The van der Waals surface area contributed by atoms with E-state index in [0.717, 1.165) is 5.56 Å². The molecule has 0 aromatic heterocycles. The summed E-state index contributed by atoms with van der Waals surface area (Å²) in [4.78, 5) is 11.4. The summed E-state index contributed by atoms with van der Waals surface area (Å²) in [6.07, 6.45) is 0. The van der Waals surface area contributed by atoms with Crippen LogP contribution in [0.15, 0.2) is 24.3 Å². The zero-order chi connectivity index (χ0) is 9.84. The lowest BCUT2D eigenvalue weighted by molar-refractivity contribution is 0.0984. The highest BCUT2D eigenvalue weighted by Crippen LogP contribution is 2.18. The van der Waals surface area contributed by atoms with Gasteiger partial charge in [0, 0.05) is 5.56 Å². The van der Waals surface area contributed by atoms with Crippen LogP contribution in [-0.2, 0) is 0 Å². The molecule has 1 amide bonds. The van der Waals surface area contributed by atoms with Crippen LogP contribution in [0.2, 0.25) is 0 Å². The molecule has 0 fully saturated rings. The first-order chi connectivity index (χ1) is 6.16. The number of amides is 1. The average molecular weight is 195 g/mol. The molecule has 0 aliphatic carbocycles. The molecule has 1 N–H and O–H groups in total. The van der Waals surface area contributed by atoms with Crippen molar-refractivity contribution >= 4 is 18.7 Å². The third-order valence-electron chi connectivity index (χ3n) is 1.93. The molecule has 0 atom stereocenters. The highest BCUT2D eigenvalue weighted by molar-refractivity contribution is 7.78. The topological polar surface area (TPSA) is 29.1 Å². The second-order valence-electron chi connectivity index (χ2n) is 3.18. The molecule has 0 bridgehead atoms. The van der Waals surface area contributed by atoms with Crippen molar-refractivity contribution in [2.24, 2.45) is 0 Å². The van der Waals surface area contributed by atoms with Crippen molar-refractivity contribution < 1.29 is 4.79 Å². The Kier molecular flexibility index (Phi) is 3.37. The summed E-state index contributed by atoms with van der Waals surface area (Å²) >= 11 is 3.74. The van der Waals surface area contributed by atoms with Crippen molar-refractivity contribution in [2.45, 2.75) is 19.8 Å². The normalized spacial score (nSPS) is 10.2. The maximum atomic E-state index is 11.4. The number of hydrogen-bond acceptors (Lipinski definition) is 2. The summed E-state index contributed by atoms with van der Waals surface area (Å²) in [6, 6.07) is 7.55. The Morgan fingerprint density at radius 1 is 1.38 bits per heavy atom. The molecular formula is C10H13NOS. The molecule has 13 heavy (non-hydrogen) atoms. The molecule has 1 rings (SSSR count). The van der Waals surface area contributed by atoms with Gasteiger partial charge in [0.25, 0.3) is 5.91 Å². The van der Waals surface area contributed by atoms with Crippen LogP contribution in [0.25, 0.3) is 0 Å². The summed E-state index contributed by atoms with van der Waals surface area (Å²) in [7, 11) is 0. The van der Waals surface area contributed by atoms with Crippen LogP contribution >= 0.6 is 12.8 Å². The molecule has 3 heteroatoms. The van der Waals surface area contributed by atoms with Crippen molar-refractivity contribution in [1.29, 1.82) is 0 Å². The van der Waals surface area contributed by atoms with Crippen LogP contribution < -0.4 is 4.72 Å². The van der Waals surface area contributed by atoms with Gasteiger partial charge in [-0.15, -0.1) is 0 Å². The first-order valence-electron chi connectivity index (χ1n) is 4.20. The van der Waals surface area contributed by atoms with Crippen LogP contribution in [0.3, 0.4) is 0 Å². The summed E-state index contributed by atoms with van der Waals surface area (Å²) in [5.41, 5.74) is 1.75. The number of benzene rings is 1. The Balaban J connectivity index is 3.12. The van der Waals surface area contributed by atoms with Crippen LogP contribution in [0.1, 0.15) is 35.7 Å². The van der Waals surface area contributed by atoms with Crippen LogP contribution in [-0.4, -0.2) is 5.91 Å². The standard InChI is InChI=1S/C10H13NOS/c1-7(2)8-5-3-4-6-9(8)10(12)11-13/h3-7,13H,1-2H3,(H,11,12). The molecule has 0 saturated heterocycles. The molecule has 70 valence electrons. The molecule has 2 nitrogen and oxygen atoms in total. The van der Waals surface area contributed by atoms with Gasteiger partial charge in [0.1, 0.15) is 0 Å².